The number of amides is 1. The van der Waals surface area contributed by atoms with Crippen LogP contribution in [0.3, 0.4) is 0 Å². The van der Waals surface area contributed by atoms with Crippen molar-refractivity contribution in [3.63, 3.8) is 0 Å². The standard InChI is InChI=1S/C19H18BrNO4/c1-19(18(24)25,14-8-5-9-15(20)12-14)21-17(23)11-10-16(22)13-6-3-2-4-7-13/h2-9,12H,10-11H2,1H3,(H,21,23)(H,24,25). The minimum Gasteiger partial charge on any atom is -0.479 e. The predicted molar refractivity (Wildman–Crippen MR) is 97.3 cm³/mol. The molecule has 0 aromatic heterocycles. The number of halogens is 1. The Morgan fingerprint density at radius 2 is 1.72 bits per heavy atom. The number of benzene rings is 2. The van der Waals surface area contributed by atoms with Gasteiger partial charge in [-0.2, -0.15) is 0 Å². The summed E-state index contributed by atoms with van der Waals surface area (Å²) in [6, 6.07) is 15.4. The van der Waals surface area contributed by atoms with Gasteiger partial charge in [0.1, 0.15) is 0 Å². The number of hydrogen-bond acceptors (Lipinski definition) is 3. The van der Waals surface area contributed by atoms with E-state index in [-0.39, 0.29) is 18.6 Å². The topological polar surface area (TPSA) is 83.5 Å². The van der Waals surface area contributed by atoms with Crippen molar-refractivity contribution in [2.75, 3.05) is 0 Å². The highest BCUT2D eigenvalue weighted by molar-refractivity contribution is 9.10. The molecule has 0 heterocycles. The van der Waals surface area contributed by atoms with Gasteiger partial charge >= 0.3 is 5.97 Å². The van der Waals surface area contributed by atoms with Gasteiger partial charge in [0, 0.05) is 22.9 Å². The third-order valence-corrected chi connectivity index (χ3v) is 4.39. The number of hydrogen-bond donors (Lipinski definition) is 2. The highest BCUT2D eigenvalue weighted by atomic mass is 79.9. The van der Waals surface area contributed by atoms with E-state index in [1.54, 1.807) is 54.6 Å². The lowest BCUT2D eigenvalue weighted by Gasteiger charge is -2.27. The number of nitrogens with one attached hydrogen (secondary N) is 1. The number of rotatable bonds is 7. The summed E-state index contributed by atoms with van der Waals surface area (Å²) in [5, 5.41) is 12.1. The lowest BCUT2D eigenvalue weighted by atomic mass is 9.91. The van der Waals surface area contributed by atoms with Gasteiger partial charge in [-0.1, -0.05) is 58.4 Å². The lowest BCUT2D eigenvalue weighted by molar-refractivity contribution is -0.147. The average Bonchev–Trinajstić information content (AvgIpc) is 2.60. The Balaban J connectivity index is 2.06. The molecule has 0 aliphatic rings. The summed E-state index contributed by atoms with van der Waals surface area (Å²) >= 11 is 3.30. The number of carbonyl (C=O) groups is 3. The average molecular weight is 404 g/mol. The fourth-order valence-electron chi connectivity index (χ4n) is 2.39. The Bertz CT molecular complexity index is 791. The van der Waals surface area contributed by atoms with Gasteiger partial charge in [0.2, 0.25) is 5.91 Å². The molecule has 2 N–H and O–H groups in total. The summed E-state index contributed by atoms with van der Waals surface area (Å²) < 4.78 is 0.714. The molecule has 0 saturated heterocycles. The number of carboxylic acids is 1. The van der Waals surface area contributed by atoms with Crippen molar-refractivity contribution in [3.8, 4) is 0 Å². The first-order chi connectivity index (χ1) is 11.8. The monoisotopic (exact) mass is 403 g/mol. The highest BCUT2D eigenvalue weighted by Gasteiger charge is 2.36. The zero-order valence-electron chi connectivity index (χ0n) is 13.7. The van der Waals surface area contributed by atoms with E-state index in [0.29, 0.717) is 15.6 Å². The Morgan fingerprint density at radius 3 is 2.32 bits per heavy atom. The molecule has 0 fully saturated rings. The van der Waals surface area contributed by atoms with Crippen molar-refractivity contribution in [3.05, 3.63) is 70.2 Å². The molecule has 2 aromatic rings. The molecule has 6 heteroatoms. The van der Waals surface area contributed by atoms with E-state index in [0.717, 1.165) is 0 Å². The minimum atomic E-state index is -1.57. The molecule has 0 bridgehead atoms. The van der Waals surface area contributed by atoms with Crippen molar-refractivity contribution < 1.29 is 19.5 Å². The lowest BCUT2D eigenvalue weighted by Crippen LogP contribution is -2.49. The van der Waals surface area contributed by atoms with Crippen LogP contribution in [0.4, 0.5) is 0 Å². The highest BCUT2D eigenvalue weighted by Crippen LogP contribution is 2.24. The van der Waals surface area contributed by atoms with Gasteiger partial charge in [-0.25, -0.2) is 4.79 Å². The van der Waals surface area contributed by atoms with Gasteiger partial charge in [0.25, 0.3) is 0 Å². The molecule has 5 nitrogen and oxygen atoms in total. The summed E-state index contributed by atoms with van der Waals surface area (Å²) in [6.07, 6.45) is -0.0609. The van der Waals surface area contributed by atoms with Crippen LogP contribution in [0.1, 0.15) is 35.7 Å². The fraction of sp³-hybridized carbons (Fsp3) is 0.211. The van der Waals surface area contributed by atoms with Gasteiger partial charge in [0.05, 0.1) is 0 Å². The van der Waals surface area contributed by atoms with Gasteiger partial charge in [-0.3, -0.25) is 9.59 Å². The molecular formula is C19H18BrNO4. The Kier molecular flexibility index (Phi) is 6.09. The second kappa shape index (κ2) is 8.07. The van der Waals surface area contributed by atoms with Crippen LogP contribution in [0.5, 0.6) is 0 Å². The molecule has 1 amide bonds. The van der Waals surface area contributed by atoms with E-state index in [2.05, 4.69) is 21.2 Å². The van der Waals surface area contributed by atoms with Crippen LogP contribution in [0.15, 0.2) is 59.1 Å². The maximum atomic E-state index is 12.2. The first-order valence-electron chi connectivity index (χ1n) is 7.71. The number of Topliss-reactive ketones (excluding diaryl/α,β-unsaturated/α-hetero) is 1. The maximum absolute atomic E-state index is 12.2. The molecule has 1 unspecified atom stereocenters. The largest absolute Gasteiger partial charge is 0.479 e. The quantitative estimate of drug-likeness (QED) is 0.692. The molecule has 2 aromatic carbocycles. The molecular weight excluding hydrogens is 386 g/mol. The van der Waals surface area contributed by atoms with E-state index in [4.69, 9.17) is 0 Å². The normalized spacial score (nSPS) is 12.9. The van der Waals surface area contributed by atoms with Crippen molar-refractivity contribution in [2.24, 2.45) is 0 Å². The number of carboxylic acid groups (broad SMARTS) is 1. The zero-order chi connectivity index (χ0) is 18.4. The molecule has 1 atom stereocenters. The van der Waals surface area contributed by atoms with Crippen LogP contribution in [-0.4, -0.2) is 22.8 Å². The summed E-state index contributed by atoms with van der Waals surface area (Å²) in [4.78, 5) is 36.0. The molecule has 0 saturated carbocycles. The van der Waals surface area contributed by atoms with E-state index in [1.165, 1.54) is 6.92 Å². The molecule has 130 valence electrons. The summed E-state index contributed by atoms with van der Waals surface area (Å²) in [7, 11) is 0. The number of aliphatic carboxylic acids is 1. The molecule has 25 heavy (non-hydrogen) atoms. The van der Waals surface area contributed by atoms with Crippen molar-refractivity contribution in [1.29, 1.82) is 0 Å². The van der Waals surface area contributed by atoms with Crippen LogP contribution >= 0.6 is 15.9 Å². The molecule has 0 aliphatic carbocycles. The third kappa shape index (κ3) is 4.76. The third-order valence-electron chi connectivity index (χ3n) is 3.89. The fourth-order valence-corrected chi connectivity index (χ4v) is 2.78. The second-order valence-electron chi connectivity index (χ2n) is 5.78. The van der Waals surface area contributed by atoms with Gasteiger partial charge < -0.3 is 10.4 Å². The van der Waals surface area contributed by atoms with Crippen LogP contribution in [-0.2, 0) is 15.1 Å². The minimum absolute atomic E-state index is 0.0179. The molecule has 0 radical (unpaired) electrons. The van der Waals surface area contributed by atoms with Crippen LogP contribution in [0.25, 0.3) is 0 Å². The van der Waals surface area contributed by atoms with Gasteiger partial charge in [-0.05, 0) is 24.6 Å². The summed E-state index contributed by atoms with van der Waals surface area (Å²) in [5.74, 6) is -1.82. The maximum Gasteiger partial charge on any atom is 0.333 e. The first kappa shape index (κ1) is 18.9. The summed E-state index contributed by atoms with van der Waals surface area (Å²) in [5.41, 5.74) is -0.600. The molecule has 0 spiro atoms. The van der Waals surface area contributed by atoms with Crippen LogP contribution in [0.2, 0.25) is 0 Å². The SMILES string of the molecule is CC(NC(=O)CCC(=O)c1ccccc1)(C(=O)O)c1cccc(Br)c1. The smallest absolute Gasteiger partial charge is 0.333 e. The number of ketones is 1. The molecule has 2 rings (SSSR count). The predicted octanol–water partition coefficient (Wildman–Crippen LogP) is 3.53. The Morgan fingerprint density at radius 1 is 1.04 bits per heavy atom. The molecule has 0 aliphatic heterocycles. The van der Waals surface area contributed by atoms with E-state index >= 15 is 0 Å². The van der Waals surface area contributed by atoms with Crippen LogP contribution in [0, 0.1) is 0 Å². The number of carbonyl (C=O) groups excluding carboxylic acids is 2. The van der Waals surface area contributed by atoms with Crippen molar-refractivity contribution >= 4 is 33.6 Å². The zero-order valence-corrected chi connectivity index (χ0v) is 15.2. The van der Waals surface area contributed by atoms with Crippen LogP contribution < -0.4 is 5.32 Å². The van der Waals surface area contributed by atoms with E-state index in [9.17, 15) is 19.5 Å². The van der Waals surface area contributed by atoms with E-state index < -0.39 is 17.4 Å². The van der Waals surface area contributed by atoms with Crippen molar-refractivity contribution in [2.45, 2.75) is 25.3 Å². The summed E-state index contributed by atoms with van der Waals surface area (Å²) in [6.45, 7) is 1.42. The first-order valence-corrected chi connectivity index (χ1v) is 8.51. The Labute approximate surface area is 154 Å². The van der Waals surface area contributed by atoms with Crippen molar-refractivity contribution in [1.82, 2.24) is 5.32 Å². The van der Waals surface area contributed by atoms with Gasteiger partial charge in [-0.15, -0.1) is 0 Å². The second-order valence-corrected chi connectivity index (χ2v) is 6.69. The van der Waals surface area contributed by atoms with Gasteiger partial charge in [0.15, 0.2) is 11.3 Å². The van der Waals surface area contributed by atoms with E-state index in [1.807, 2.05) is 0 Å². The Hall–Kier alpha value is -2.47.